The molecule has 0 aromatic carbocycles. The van der Waals surface area contributed by atoms with Crippen LogP contribution in [0.1, 0.15) is 47.1 Å². The zero-order valence-electron chi connectivity index (χ0n) is 11.6. The molecule has 0 saturated carbocycles. The second kappa shape index (κ2) is 4.86. The molecule has 94 valence electrons. The molecule has 0 radical (unpaired) electrons. The molecule has 0 fully saturated rings. The van der Waals surface area contributed by atoms with Crippen LogP contribution in [0.3, 0.4) is 0 Å². The number of nitrogens with zero attached hydrogens (tertiary/aromatic N) is 2. The van der Waals surface area contributed by atoms with Crippen molar-refractivity contribution in [2.24, 2.45) is 5.92 Å². The van der Waals surface area contributed by atoms with Crippen molar-refractivity contribution in [3.05, 3.63) is 23.5 Å². The van der Waals surface area contributed by atoms with Crippen molar-refractivity contribution in [2.75, 3.05) is 0 Å². The first-order valence-corrected chi connectivity index (χ1v) is 5.99. The number of aromatic nitrogens is 2. The van der Waals surface area contributed by atoms with Gasteiger partial charge < -0.3 is 0 Å². The van der Waals surface area contributed by atoms with E-state index in [1.807, 2.05) is 30.8 Å². The predicted octanol–water partition coefficient (Wildman–Crippen LogP) is 3.27. The molecule has 1 aromatic rings. The Hall–Kier alpha value is -1.38. The molecule has 0 aliphatic heterocycles. The molecule has 0 unspecified atom stereocenters. The fourth-order valence-corrected chi connectivity index (χ4v) is 1.63. The third kappa shape index (κ3) is 3.55. The van der Waals surface area contributed by atoms with Gasteiger partial charge in [-0.15, -0.1) is 0 Å². The minimum absolute atomic E-state index is 0.0275. The second-order valence-corrected chi connectivity index (χ2v) is 5.70. The molecule has 3 nitrogen and oxygen atoms in total. The van der Waals surface area contributed by atoms with Crippen LogP contribution in [0.4, 0.5) is 0 Å². The highest BCUT2D eigenvalue weighted by Gasteiger charge is 2.14. The largest absolute Gasteiger partial charge is 0.295 e. The normalized spacial score (nSPS) is 13.2. The molecule has 0 aliphatic carbocycles. The monoisotopic (exact) mass is 234 g/mol. The first-order chi connectivity index (χ1) is 7.71. The Kier molecular flexibility index (Phi) is 3.91. The number of hydrogen-bond acceptors (Lipinski definition) is 2. The predicted molar refractivity (Wildman–Crippen MR) is 70.7 cm³/mol. The van der Waals surface area contributed by atoms with Crippen molar-refractivity contribution in [3.63, 3.8) is 0 Å². The van der Waals surface area contributed by atoms with E-state index in [4.69, 9.17) is 0 Å². The highest BCUT2D eigenvalue weighted by molar-refractivity contribution is 5.98. The van der Waals surface area contributed by atoms with Crippen molar-refractivity contribution < 1.29 is 4.79 Å². The number of Topliss-reactive ketones (excluding diaryl/α,β-unsaturated/α-hetero) is 1. The van der Waals surface area contributed by atoms with Crippen LogP contribution in [0.2, 0.25) is 0 Å². The molecule has 0 amide bonds. The Bertz CT molecular complexity index is 433. The van der Waals surface area contributed by atoms with Gasteiger partial charge in [0.05, 0.1) is 11.7 Å². The molecule has 0 aliphatic rings. The summed E-state index contributed by atoms with van der Waals surface area (Å²) in [6, 6.07) is 0. The minimum Gasteiger partial charge on any atom is -0.295 e. The lowest BCUT2D eigenvalue weighted by Crippen LogP contribution is -2.21. The van der Waals surface area contributed by atoms with Crippen LogP contribution < -0.4 is 0 Å². The maximum absolute atomic E-state index is 11.5. The third-order valence-electron chi connectivity index (χ3n) is 2.64. The Labute approximate surface area is 104 Å². The van der Waals surface area contributed by atoms with Crippen molar-refractivity contribution >= 4 is 11.9 Å². The number of carbonyl (C=O) groups is 1. The topological polar surface area (TPSA) is 34.9 Å². The van der Waals surface area contributed by atoms with E-state index >= 15 is 0 Å². The van der Waals surface area contributed by atoms with Gasteiger partial charge in [0.2, 0.25) is 0 Å². The van der Waals surface area contributed by atoms with Crippen LogP contribution in [-0.4, -0.2) is 15.6 Å². The van der Waals surface area contributed by atoms with E-state index in [9.17, 15) is 4.79 Å². The molecule has 3 heteroatoms. The smallest absolute Gasteiger partial charge is 0.156 e. The van der Waals surface area contributed by atoms with Gasteiger partial charge in [0.25, 0.3) is 0 Å². The summed E-state index contributed by atoms with van der Waals surface area (Å²) in [4.78, 5) is 11.5. The minimum atomic E-state index is -0.0275. The molecule has 17 heavy (non-hydrogen) atoms. The maximum atomic E-state index is 11.5. The van der Waals surface area contributed by atoms with Gasteiger partial charge in [-0.25, -0.2) is 0 Å². The Morgan fingerprint density at radius 1 is 1.41 bits per heavy atom. The lowest BCUT2D eigenvalue weighted by Gasteiger charge is -2.18. The molecule has 1 aromatic heterocycles. The van der Waals surface area contributed by atoms with Gasteiger partial charge in [-0.2, -0.15) is 5.10 Å². The average molecular weight is 234 g/mol. The van der Waals surface area contributed by atoms with Crippen molar-refractivity contribution in [1.82, 2.24) is 9.78 Å². The van der Waals surface area contributed by atoms with Gasteiger partial charge in [0.1, 0.15) is 0 Å². The number of ketones is 1. The summed E-state index contributed by atoms with van der Waals surface area (Å²) in [5, 5.41) is 4.32. The number of rotatable bonds is 3. The highest BCUT2D eigenvalue weighted by Crippen LogP contribution is 2.18. The molecule has 0 saturated heterocycles. The molecule has 1 heterocycles. The Balaban J connectivity index is 3.06. The number of hydrogen-bond donors (Lipinski definition) is 0. The molecule has 0 atom stereocenters. The summed E-state index contributed by atoms with van der Waals surface area (Å²) in [7, 11) is 0. The summed E-state index contributed by atoms with van der Waals surface area (Å²) < 4.78 is 1.91. The van der Waals surface area contributed by atoms with Crippen molar-refractivity contribution in [3.8, 4) is 0 Å². The quantitative estimate of drug-likeness (QED) is 0.752. The van der Waals surface area contributed by atoms with Crippen LogP contribution >= 0.6 is 0 Å². The molecular formula is C14H22N2O. The van der Waals surface area contributed by atoms with Gasteiger partial charge in [-0.05, 0) is 45.3 Å². The van der Waals surface area contributed by atoms with E-state index in [-0.39, 0.29) is 17.2 Å². The summed E-state index contributed by atoms with van der Waals surface area (Å²) in [6.07, 6.45) is 5.71. The molecule has 1 rings (SSSR count). The SMILES string of the molecule is CC(=O)/C(=C/c1cnn(C(C)(C)C)c1)C(C)C. The molecular weight excluding hydrogens is 212 g/mol. The fourth-order valence-electron chi connectivity index (χ4n) is 1.63. The lowest BCUT2D eigenvalue weighted by atomic mass is 9.98. The van der Waals surface area contributed by atoms with Crippen LogP contribution in [0.25, 0.3) is 6.08 Å². The van der Waals surface area contributed by atoms with E-state index in [0.717, 1.165) is 11.1 Å². The van der Waals surface area contributed by atoms with E-state index in [2.05, 4.69) is 25.9 Å². The zero-order chi connectivity index (χ0) is 13.2. The van der Waals surface area contributed by atoms with Crippen LogP contribution in [0.5, 0.6) is 0 Å². The third-order valence-corrected chi connectivity index (χ3v) is 2.64. The van der Waals surface area contributed by atoms with Gasteiger partial charge in [0, 0.05) is 11.8 Å². The van der Waals surface area contributed by atoms with Crippen molar-refractivity contribution in [2.45, 2.75) is 47.1 Å². The summed E-state index contributed by atoms with van der Waals surface area (Å²) in [5.41, 5.74) is 1.80. The maximum Gasteiger partial charge on any atom is 0.156 e. The number of carbonyl (C=O) groups excluding carboxylic acids is 1. The lowest BCUT2D eigenvalue weighted by molar-refractivity contribution is -0.113. The van der Waals surface area contributed by atoms with Gasteiger partial charge in [-0.3, -0.25) is 9.48 Å². The molecule has 0 N–H and O–H groups in total. The van der Waals surface area contributed by atoms with Crippen LogP contribution in [0, 0.1) is 5.92 Å². The van der Waals surface area contributed by atoms with Gasteiger partial charge in [0.15, 0.2) is 5.78 Å². The number of allylic oxidation sites excluding steroid dienone is 1. The highest BCUT2D eigenvalue weighted by atomic mass is 16.1. The molecule has 0 spiro atoms. The summed E-state index contributed by atoms with van der Waals surface area (Å²) in [5.74, 6) is 0.369. The zero-order valence-corrected chi connectivity index (χ0v) is 11.6. The first kappa shape index (κ1) is 13.7. The average Bonchev–Trinajstić information content (AvgIpc) is 2.60. The standard InChI is InChI=1S/C14H22N2O/c1-10(2)13(11(3)17)7-12-8-15-16(9-12)14(4,5)6/h7-10H,1-6H3/b13-7+. The Morgan fingerprint density at radius 2 is 2.00 bits per heavy atom. The summed E-state index contributed by atoms with van der Waals surface area (Å²) in [6.45, 7) is 12.0. The van der Waals surface area contributed by atoms with Crippen LogP contribution in [-0.2, 0) is 10.3 Å². The first-order valence-electron chi connectivity index (χ1n) is 5.99. The van der Waals surface area contributed by atoms with E-state index in [1.54, 1.807) is 13.1 Å². The van der Waals surface area contributed by atoms with Gasteiger partial charge >= 0.3 is 0 Å². The van der Waals surface area contributed by atoms with Crippen molar-refractivity contribution in [1.29, 1.82) is 0 Å². The van der Waals surface area contributed by atoms with Gasteiger partial charge in [-0.1, -0.05) is 13.8 Å². The van der Waals surface area contributed by atoms with E-state index in [1.165, 1.54) is 0 Å². The molecule has 0 bridgehead atoms. The second-order valence-electron chi connectivity index (χ2n) is 5.70. The van der Waals surface area contributed by atoms with E-state index < -0.39 is 0 Å². The van der Waals surface area contributed by atoms with E-state index in [0.29, 0.717) is 0 Å². The Morgan fingerprint density at radius 3 is 2.35 bits per heavy atom. The summed E-state index contributed by atoms with van der Waals surface area (Å²) >= 11 is 0. The fraction of sp³-hybridized carbons (Fsp3) is 0.571. The van der Waals surface area contributed by atoms with Crippen LogP contribution in [0.15, 0.2) is 18.0 Å².